The molecule has 0 amide bonds. The van der Waals surface area contributed by atoms with E-state index in [0.717, 1.165) is 0 Å². The summed E-state index contributed by atoms with van der Waals surface area (Å²) in [6.07, 6.45) is 2.83. The summed E-state index contributed by atoms with van der Waals surface area (Å²) >= 11 is 17.0. The fourth-order valence-corrected chi connectivity index (χ4v) is 2.44. The van der Waals surface area contributed by atoms with Crippen LogP contribution in [0.3, 0.4) is 0 Å². The minimum absolute atomic E-state index is 0.0493. The Kier molecular flexibility index (Phi) is 6.33. The van der Waals surface area contributed by atoms with Crippen molar-refractivity contribution in [2.75, 3.05) is 5.32 Å². The highest BCUT2D eigenvalue weighted by atomic mass is 35.5. The minimum atomic E-state index is -0.273. The van der Waals surface area contributed by atoms with Crippen molar-refractivity contribution in [3.8, 4) is 5.75 Å². The van der Waals surface area contributed by atoms with Crippen LogP contribution in [0.5, 0.6) is 5.75 Å². The van der Waals surface area contributed by atoms with E-state index in [0.29, 0.717) is 32.6 Å². The first-order valence-corrected chi connectivity index (χ1v) is 7.92. The van der Waals surface area contributed by atoms with E-state index in [1.807, 2.05) is 0 Å². The second-order valence-corrected chi connectivity index (χ2v) is 5.99. The van der Waals surface area contributed by atoms with Crippen molar-refractivity contribution in [1.82, 2.24) is 10.4 Å². The van der Waals surface area contributed by atoms with E-state index >= 15 is 0 Å². The number of aliphatic hydroxyl groups excluding tert-OH is 1. The van der Waals surface area contributed by atoms with Gasteiger partial charge in [0.1, 0.15) is 5.75 Å². The summed E-state index contributed by atoms with van der Waals surface area (Å²) in [7, 11) is 0. The van der Waals surface area contributed by atoms with Crippen LogP contribution in [-0.4, -0.2) is 26.5 Å². The van der Waals surface area contributed by atoms with Crippen LogP contribution in [0, 0.1) is 6.92 Å². The molecule has 0 bridgehead atoms. The molecule has 2 aromatic rings. The summed E-state index contributed by atoms with van der Waals surface area (Å²) in [4.78, 5) is 3.97. The van der Waals surface area contributed by atoms with Crippen molar-refractivity contribution in [2.24, 2.45) is 5.10 Å². The zero-order chi connectivity index (χ0) is 17.7. The first-order chi connectivity index (χ1) is 11.4. The van der Waals surface area contributed by atoms with Crippen LogP contribution >= 0.6 is 35.4 Å². The molecule has 0 saturated carbocycles. The topological polar surface area (TPSA) is 89.8 Å². The van der Waals surface area contributed by atoms with Crippen molar-refractivity contribution in [3.05, 3.63) is 51.3 Å². The van der Waals surface area contributed by atoms with Gasteiger partial charge in [0.15, 0.2) is 5.11 Å². The van der Waals surface area contributed by atoms with Crippen LogP contribution in [-0.2, 0) is 6.61 Å². The number of nitrogens with zero attached hydrogens (tertiary/aromatic N) is 2. The van der Waals surface area contributed by atoms with Gasteiger partial charge in [0, 0.05) is 22.3 Å². The Morgan fingerprint density at radius 3 is 2.83 bits per heavy atom. The Morgan fingerprint density at radius 1 is 1.42 bits per heavy atom. The lowest BCUT2D eigenvalue weighted by molar-refractivity contribution is 0.280. The van der Waals surface area contributed by atoms with Gasteiger partial charge in [-0.3, -0.25) is 10.4 Å². The summed E-state index contributed by atoms with van der Waals surface area (Å²) in [5.74, 6) is -0.0493. The van der Waals surface area contributed by atoms with Crippen LogP contribution in [0.2, 0.25) is 10.0 Å². The van der Waals surface area contributed by atoms with Gasteiger partial charge in [-0.05, 0) is 37.3 Å². The predicted molar refractivity (Wildman–Crippen MR) is 100.0 cm³/mol. The molecule has 0 saturated heterocycles. The number of hydrazone groups is 1. The monoisotopic (exact) mass is 384 g/mol. The highest BCUT2D eigenvalue weighted by Gasteiger charge is 2.09. The summed E-state index contributed by atoms with van der Waals surface area (Å²) in [5.41, 5.74) is 4.43. The molecular weight excluding hydrogens is 371 g/mol. The van der Waals surface area contributed by atoms with Gasteiger partial charge in [-0.15, -0.1) is 0 Å². The van der Waals surface area contributed by atoms with Gasteiger partial charge in [0.2, 0.25) is 0 Å². The van der Waals surface area contributed by atoms with Gasteiger partial charge in [-0.1, -0.05) is 23.2 Å². The van der Waals surface area contributed by atoms with Crippen molar-refractivity contribution >= 4 is 52.4 Å². The summed E-state index contributed by atoms with van der Waals surface area (Å²) in [5, 5.41) is 27.2. The molecule has 9 heteroatoms. The normalized spacial score (nSPS) is 10.8. The van der Waals surface area contributed by atoms with Gasteiger partial charge in [0.05, 0.1) is 29.2 Å². The van der Waals surface area contributed by atoms with E-state index < -0.39 is 0 Å². The molecule has 0 atom stereocenters. The fraction of sp³-hybridized carbons (Fsp3) is 0.133. The van der Waals surface area contributed by atoms with Crippen LogP contribution < -0.4 is 10.7 Å². The number of rotatable bonds is 4. The average Bonchev–Trinajstić information content (AvgIpc) is 2.54. The fourth-order valence-electron chi connectivity index (χ4n) is 1.82. The first-order valence-electron chi connectivity index (χ1n) is 6.75. The highest BCUT2D eigenvalue weighted by molar-refractivity contribution is 7.80. The van der Waals surface area contributed by atoms with Crippen molar-refractivity contribution in [3.63, 3.8) is 0 Å². The number of hydrogen-bond donors (Lipinski definition) is 4. The number of aromatic nitrogens is 1. The summed E-state index contributed by atoms with van der Waals surface area (Å²) in [6.45, 7) is 1.38. The number of nitrogens with one attached hydrogen (secondary N) is 2. The molecule has 1 aromatic carbocycles. The maximum Gasteiger partial charge on any atom is 0.191 e. The zero-order valence-corrected chi connectivity index (χ0v) is 14.9. The van der Waals surface area contributed by atoms with E-state index in [4.69, 9.17) is 35.4 Å². The Hall–Kier alpha value is -1.93. The van der Waals surface area contributed by atoms with E-state index in [-0.39, 0.29) is 17.5 Å². The smallest absolute Gasteiger partial charge is 0.191 e. The van der Waals surface area contributed by atoms with Gasteiger partial charge in [-0.25, -0.2) is 0 Å². The number of halogens is 2. The van der Waals surface area contributed by atoms with E-state index in [1.165, 1.54) is 12.4 Å². The number of thiocarbonyl (C=S) groups is 1. The molecule has 0 spiro atoms. The second-order valence-electron chi connectivity index (χ2n) is 4.74. The number of anilines is 1. The summed E-state index contributed by atoms with van der Waals surface area (Å²) in [6, 6.07) is 4.94. The molecule has 0 aliphatic heterocycles. The number of aliphatic hydroxyl groups is 1. The lowest BCUT2D eigenvalue weighted by atomic mass is 10.1. The molecule has 0 aliphatic rings. The maximum atomic E-state index is 10.0. The third-order valence-corrected chi connectivity index (χ3v) is 3.81. The van der Waals surface area contributed by atoms with Crippen LogP contribution in [0.4, 0.5) is 5.69 Å². The molecule has 24 heavy (non-hydrogen) atoms. The molecule has 6 nitrogen and oxygen atoms in total. The average molecular weight is 385 g/mol. The largest absolute Gasteiger partial charge is 0.505 e. The van der Waals surface area contributed by atoms with E-state index in [1.54, 1.807) is 25.1 Å². The van der Waals surface area contributed by atoms with Crippen LogP contribution in [0.15, 0.2) is 29.5 Å². The summed E-state index contributed by atoms with van der Waals surface area (Å²) < 4.78 is 0. The van der Waals surface area contributed by atoms with E-state index in [9.17, 15) is 10.2 Å². The lowest BCUT2D eigenvalue weighted by Crippen LogP contribution is -2.24. The first kappa shape index (κ1) is 18.4. The predicted octanol–water partition coefficient (Wildman–Crippen LogP) is 3.22. The Bertz CT molecular complexity index is 799. The maximum absolute atomic E-state index is 10.0. The van der Waals surface area contributed by atoms with Gasteiger partial charge >= 0.3 is 0 Å². The van der Waals surface area contributed by atoms with Gasteiger partial charge in [-0.2, -0.15) is 5.10 Å². The quantitative estimate of drug-likeness (QED) is 0.367. The molecule has 2 rings (SSSR count). The molecule has 1 heterocycles. The van der Waals surface area contributed by atoms with Crippen molar-refractivity contribution < 1.29 is 10.2 Å². The molecule has 4 N–H and O–H groups in total. The molecule has 0 aliphatic carbocycles. The Labute approximate surface area is 154 Å². The second kappa shape index (κ2) is 8.25. The number of benzene rings is 1. The van der Waals surface area contributed by atoms with Gasteiger partial charge < -0.3 is 15.5 Å². The molecule has 0 fully saturated rings. The third-order valence-electron chi connectivity index (χ3n) is 3.07. The van der Waals surface area contributed by atoms with Gasteiger partial charge in [0.25, 0.3) is 0 Å². The SMILES string of the molecule is Cc1ncc(CO)c(/C=N/NC(=S)Nc2ccc(Cl)cc2Cl)c1O. The third kappa shape index (κ3) is 4.55. The molecule has 0 radical (unpaired) electrons. The van der Waals surface area contributed by atoms with Crippen molar-refractivity contribution in [1.29, 1.82) is 0 Å². The van der Waals surface area contributed by atoms with Crippen molar-refractivity contribution in [2.45, 2.75) is 13.5 Å². The van der Waals surface area contributed by atoms with Crippen LogP contribution in [0.25, 0.3) is 0 Å². The lowest BCUT2D eigenvalue weighted by Gasteiger charge is -2.10. The minimum Gasteiger partial charge on any atom is -0.505 e. The number of aromatic hydroxyl groups is 1. The molecular formula is C15H14Cl2N4O2S. The highest BCUT2D eigenvalue weighted by Crippen LogP contribution is 2.25. The number of pyridine rings is 1. The number of hydrogen-bond acceptors (Lipinski definition) is 5. The van der Waals surface area contributed by atoms with Crippen LogP contribution in [0.1, 0.15) is 16.8 Å². The van der Waals surface area contributed by atoms with E-state index in [2.05, 4.69) is 20.8 Å². The molecule has 0 unspecified atom stereocenters. The standard InChI is InChI=1S/C15H14Cl2N4O2S/c1-8-14(23)11(9(7-22)5-18-8)6-19-21-15(24)20-13-3-2-10(16)4-12(13)17/h2-6,22-23H,7H2,1H3,(H2,20,21,24)/b19-6+. The zero-order valence-electron chi connectivity index (χ0n) is 12.5. The molecule has 1 aromatic heterocycles. The number of aryl methyl sites for hydroxylation is 1. The Morgan fingerprint density at radius 2 is 2.17 bits per heavy atom. The molecule has 126 valence electrons. The Balaban J connectivity index is 2.06.